The number of hydrogen-bond donors (Lipinski definition) is 6. The van der Waals surface area contributed by atoms with Crippen LogP contribution in [-0.4, -0.2) is 68.0 Å². The van der Waals surface area contributed by atoms with Gasteiger partial charge in [0.25, 0.3) is 0 Å². The van der Waals surface area contributed by atoms with Gasteiger partial charge in [0, 0.05) is 5.02 Å². The minimum atomic E-state index is -4.80. The molecule has 0 aliphatic heterocycles. The largest absolute Gasteiger partial charge is 0.573 e. The SMILES string of the molecule is OCC(O)C(O)C(O)C(O)C(O)c1ccc(Cl)c(Cc2ccc(OC(F)(F)F)cc2)c1. The molecule has 172 valence electrons. The first-order valence-corrected chi connectivity index (χ1v) is 9.45. The van der Waals surface area contributed by atoms with Crippen molar-refractivity contribution in [1.29, 1.82) is 0 Å². The molecule has 0 spiro atoms. The quantitative estimate of drug-likeness (QED) is 0.328. The van der Waals surface area contributed by atoms with E-state index < -0.39 is 43.5 Å². The van der Waals surface area contributed by atoms with E-state index in [1.54, 1.807) is 0 Å². The summed E-state index contributed by atoms with van der Waals surface area (Å²) >= 11 is 6.15. The van der Waals surface area contributed by atoms with Crippen LogP contribution in [0.3, 0.4) is 0 Å². The number of hydrogen-bond acceptors (Lipinski definition) is 7. The number of rotatable bonds is 9. The molecule has 0 aliphatic rings. The predicted molar refractivity (Wildman–Crippen MR) is 103 cm³/mol. The Morgan fingerprint density at radius 3 is 2.03 bits per heavy atom. The molecule has 7 nitrogen and oxygen atoms in total. The van der Waals surface area contributed by atoms with Crippen molar-refractivity contribution in [1.82, 2.24) is 0 Å². The van der Waals surface area contributed by atoms with Crippen molar-refractivity contribution in [3.05, 3.63) is 64.2 Å². The van der Waals surface area contributed by atoms with E-state index in [0.29, 0.717) is 11.1 Å². The van der Waals surface area contributed by atoms with E-state index in [9.17, 15) is 38.7 Å². The summed E-state index contributed by atoms with van der Waals surface area (Å²) in [5.74, 6) is -0.382. The Kier molecular flexibility index (Phi) is 8.66. The zero-order chi connectivity index (χ0) is 23.3. The molecule has 5 atom stereocenters. The Morgan fingerprint density at radius 2 is 1.48 bits per heavy atom. The molecule has 11 heteroatoms. The van der Waals surface area contributed by atoms with Gasteiger partial charge in [-0.25, -0.2) is 0 Å². The van der Waals surface area contributed by atoms with Crippen molar-refractivity contribution in [2.75, 3.05) is 6.61 Å². The molecule has 0 saturated carbocycles. The van der Waals surface area contributed by atoms with Crippen LogP contribution in [0.1, 0.15) is 22.8 Å². The van der Waals surface area contributed by atoms with Gasteiger partial charge in [0.15, 0.2) is 0 Å². The normalized spacial score (nSPS) is 17.0. The monoisotopic (exact) mass is 466 g/mol. The summed E-state index contributed by atoms with van der Waals surface area (Å²) in [6, 6.07) is 9.33. The van der Waals surface area contributed by atoms with E-state index in [1.165, 1.54) is 30.3 Å². The number of aliphatic hydroxyl groups excluding tert-OH is 6. The standard InChI is InChI=1S/C20H22ClF3O7/c21-14-6-3-11(16(27)18(29)19(30)17(28)15(26)9-25)8-12(14)7-10-1-4-13(5-2-10)31-20(22,23)24/h1-6,8,15-19,25-30H,7,9H2. The summed E-state index contributed by atoms with van der Waals surface area (Å²) in [7, 11) is 0. The highest BCUT2D eigenvalue weighted by Gasteiger charge is 2.35. The molecular formula is C20H22ClF3O7. The number of benzene rings is 2. The van der Waals surface area contributed by atoms with Crippen molar-refractivity contribution in [2.24, 2.45) is 0 Å². The summed E-state index contributed by atoms with van der Waals surface area (Å²) in [5.41, 5.74) is 1.19. The van der Waals surface area contributed by atoms with Gasteiger partial charge in [0.1, 0.15) is 36.3 Å². The van der Waals surface area contributed by atoms with E-state index in [2.05, 4.69) is 4.74 Å². The molecule has 0 bridgehead atoms. The van der Waals surface area contributed by atoms with Crippen molar-refractivity contribution in [2.45, 2.75) is 43.3 Å². The zero-order valence-corrected chi connectivity index (χ0v) is 16.7. The average molecular weight is 467 g/mol. The van der Waals surface area contributed by atoms with Crippen LogP contribution in [0, 0.1) is 0 Å². The Balaban J connectivity index is 2.16. The van der Waals surface area contributed by atoms with Crippen molar-refractivity contribution in [3.8, 4) is 5.75 Å². The summed E-state index contributed by atoms with van der Waals surface area (Å²) in [6.07, 6.45) is -13.8. The van der Waals surface area contributed by atoms with Crippen LogP contribution in [0.15, 0.2) is 42.5 Å². The highest BCUT2D eigenvalue weighted by molar-refractivity contribution is 6.31. The molecule has 31 heavy (non-hydrogen) atoms. The van der Waals surface area contributed by atoms with Crippen LogP contribution in [0.25, 0.3) is 0 Å². The van der Waals surface area contributed by atoms with Gasteiger partial charge in [-0.15, -0.1) is 13.2 Å². The third-order valence-corrected chi connectivity index (χ3v) is 4.94. The van der Waals surface area contributed by atoms with Gasteiger partial charge in [-0.05, 0) is 41.3 Å². The van der Waals surface area contributed by atoms with Gasteiger partial charge in [-0.2, -0.15) is 0 Å². The third-order valence-electron chi connectivity index (χ3n) is 4.57. The lowest BCUT2D eigenvalue weighted by molar-refractivity contribution is -0.274. The molecule has 5 unspecified atom stereocenters. The fraction of sp³-hybridized carbons (Fsp3) is 0.400. The Labute approximate surface area is 180 Å². The minimum Gasteiger partial charge on any atom is -0.406 e. The molecule has 0 aromatic heterocycles. The number of aliphatic hydroxyl groups is 6. The molecule has 0 fully saturated rings. The second-order valence-corrected chi connectivity index (χ2v) is 7.29. The smallest absolute Gasteiger partial charge is 0.406 e. The summed E-state index contributed by atoms with van der Waals surface area (Å²) in [5, 5.41) is 58.6. The zero-order valence-electron chi connectivity index (χ0n) is 15.9. The first kappa shape index (κ1) is 25.3. The lowest BCUT2D eigenvalue weighted by Crippen LogP contribution is -2.47. The van der Waals surface area contributed by atoms with Crippen molar-refractivity contribution in [3.63, 3.8) is 0 Å². The predicted octanol–water partition coefficient (Wildman–Crippen LogP) is 1.30. The van der Waals surface area contributed by atoms with Crippen LogP contribution in [0.2, 0.25) is 5.02 Å². The molecule has 2 rings (SSSR count). The van der Waals surface area contributed by atoms with Gasteiger partial charge in [0.2, 0.25) is 0 Å². The average Bonchev–Trinajstić information content (AvgIpc) is 2.72. The van der Waals surface area contributed by atoms with Gasteiger partial charge in [-0.3, -0.25) is 0 Å². The minimum absolute atomic E-state index is 0.133. The Bertz CT molecular complexity index is 848. The van der Waals surface area contributed by atoms with Crippen LogP contribution in [0.5, 0.6) is 5.75 Å². The summed E-state index contributed by atoms with van der Waals surface area (Å²) in [6.45, 7) is -0.862. The molecule has 0 radical (unpaired) electrons. The fourth-order valence-corrected chi connectivity index (χ4v) is 3.05. The maximum Gasteiger partial charge on any atom is 0.573 e. The Morgan fingerprint density at radius 1 is 0.871 bits per heavy atom. The molecule has 0 aliphatic carbocycles. The topological polar surface area (TPSA) is 131 Å². The molecule has 0 heterocycles. The molecule has 6 N–H and O–H groups in total. The third kappa shape index (κ3) is 7.04. The van der Waals surface area contributed by atoms with Crippen LogP contribution < -0.4 is 4.74 Å². The van der Waals surface area contributed by atoms with Crippen LogP contribution in [-0.2, 0) is 6.42 Å². The highest BCUT2D eigenvalue weighted by Crippen LogP contribution is 2.28. The number of ether oxygens (including phenoxy) is 1. The molecular weight excluding hydrogens is 445 g/mol. The first-order valence-electron chi connectivity index (χ1n) is 9.07. The van der Waals surface area contributed by atoms with Crippen molar-refractivity contribution < 1.29 is 48.5 Å². The lowest BCUT2D eigenvalue weighted by Gasteiger charge is -2.28. The summed E-state index contributed by atoms with van der Waals surface area (Å²) in [4.78, 5) is 0. The number of alkyl halides is 3. The van der Waals surface area contributed by atoms with E-state index >= 15 is 0 Å². The lowest BCUT2D eigenvalue weighted by atomic mass is 9.93. The van der Waals surface area contributed by atoms with E-state index in [-0.39, 0.29) is 22.8 Å². The fourth-order valence-electron chi connectivity index (χ4n) is 2.86. The maximum absolute atomic E-state index is 12.3. The molecule has 0 saturated heterocycles. The maximum atomic E-state index is 12.3. The first-order chi connectivity index (χ1) is 14.4. The second-order valence-electron chi connectivity index (χ2n) is 6.89. The summed E-state index contributed by atoms with van der Waals surface area (Å²) < 4.78 is 40.6. The highest BCUT2D eigenvalue weighted by atomic mass is 35.5. The van der Waals surface area contributed by atoms with Gasteiger partial charge >= 0.3 is 6.36 Å². The number of halogens is 4. The van der Waals surface area contributed by atoms with Crippen LogP contribution in [0.4, 0.5) is 13.2 Å². The van der Waals surface area contributed by atoms with E-state index in [4.69, 9.17) is 16.7 Å². The molecule has 0 amide bonds. The van der Waals surface area contributed by atoms with Crippen LogP contribution >= 0.6 is 11.6 Å². The molecule has 2 aromatic rings. The molecule has 2 aromatic carbocycles. The van der Waals surface area contributed by atoms with Gasteiger partial charge in [0.05, 0.1) is 6.61 Å². The van der Waals surface area contributed by atoms with E-state index in [0.717, 1.165) is 12.1 Å². The van der Waals surface area contributed by atoms with Gasteiger partial charge < -0.3 is 35.4 Å². The second kappa shape index (κ2) is 10.6. The van der Waals surface area contributed by atoms with E-state index in [1.807, 2.05) is 0 Å². The van der Waals surface area contributed by atoms with Crippen molar-refractivity contribution >= 4 is 11.6 Å². The van der Waals surface area contributed by atoms with Gasteiger partial charge in [-0.1, -0.05) is 35.9 Å². The Hall–Kier alpha value is -1.92.